The quantitative estimate of drug-likeness (QED) is 0.420. The van der Waals surface area contributed by atoms with Crippen LogP contribution in [0.1, 0.15) is 32.8 Å². The van der Waals surface area contributed by atoms with Crippen LogP contribution < -0.4 is 5.32 Å². The highest BCUT2D eigenvalue weighted by molar-refractivity contribution is 7.21. The number of aromatic nitrogens is 1. The molecule has 0 saturated heterocycles. The second kappa shape index (κ2) is 7.81. The first-order chi connectivity index (χ1) is 14.0. The van der Waals surface area contributed by atoms with Gasteiger partial charge in [0.25, 0.3) is 0 Å². The van der Waals surface area contributed by atoms with Gasteiger partial charge in [-0.3, -0.25) is 4.98 Å². The van der Waals surface area contributed by atoms with Gasteiger partial charge in [0.05, 0.1) is 16.1 Å². The van der Waals surface area contributed by atoms with Crippen LogP contribution in [-0.2, 0) is 12.8 Å². The van der Waals surface area contributed by atoms with Crippen LogP contribution in [0.2, 0.25) is 0 Å². The second-order valence-corrected chi connectivity index (χ2v) is 8.43. The van der Waals surface area contributed by atoms with E-state index >= 15 is 0 Å². The Hall–Kier alpha value is -2.97. The van der Waals surface area contributed by atoms with E-state index in [2.05, 4.69) is 20.4 Å². The summed E-state index contributed by atoms with van der Waals surface area (Å²) in [6.07, 6.45) is 5.84. The fraction of sp³-hybridized carbons (Fsp3) is 0.286. The summed E-state index contributed by atoms with van der Waals surface area (Å²) in [7, 11) is 4.02. The van der Waals surface area contributed by atoms with Crippen molar-refractivity contribution in [3.8, 4) is 0 Å². The summed E-state index contributed by atoms with van der Waals surface area (Å²) in [4.78, 5) is 18.6. The number of likely N-dealkylation sites (N-methyl/N-ethyl adjacent to an activating group) is 1. The third-order valence-corrected chi connectivity index (χ3v) is 6.25. The van der Waals surface area contributed by atoms with E-state index in [9.17, 15) is 9.90 Å². The van der Waals surface area contributed by atoms with Crippen LogP contribution in [0.5, 0.6) is 0 Å². The minimum atomic E-state index is -0.955. The molecule has 0 aliphatic heterocycles. The third kappa shape index (κ3) is 3.68. The van der Waals surface area contributed by atoms with Crippen LogP contribution in [0.15, 0.2) is 35.7 Å². The minimum absolute atomic E-state index is 0.275. The number of fused-ring (bicyclic) bond motifs is 2. The van der Waals surface area contributed by atoms with E-state index in [4.69, 9.17) is 5.21 Å². The molecule has 1 aromatic carbocycles. The monoisotopic (exact) mass is 410 g/mol. The Morgan fingerprint density at radius 1 is 1.31 bits per heavy atom. The van der Waals surface area contributed by atoms with Crippen molar-refractivity contribution in [3.05, 3.63) is 52.2 Å². The zero-order valence-corrected chi connectivity index (χ0v) is 17.1. The van der Waals surface area contributed by atoms with Crippen molar-refractivity contribution < 1.29 is 15.1 Å². The molecule has 1 aliphatic carbocycles. The highest BCUT2D eigenvalue weighted by atomic mass is 32.1. The highest BCUT2D eigenvalue weighted by Crippen LogP contribution is 2.40. The standard InChI is InChI=1S/C21H22N4O3S/c1-25(2)8-7-13-10-22-11-17-18(13)19(20(29-17)21(26)27)23-14-4-5-15-12(9-14)3-6-16(15)24-28/h4-5,9-11,23,28H,3,6-8H2,1-2H3,(H,26,27). The maximum absolute atomic E-state index is 11.9. The number of nitrogens with one attached hydrogen (secondary N) is 1. The number of benzene rings is 1. The summed E-state index contributed by atoms with van der Waals surface area (Å²) in [5, 5.41) is 26.5. The molecule has 2 heterocycles. The van der Waals surface area contributed by atoms with Gasteiger partial charge in [0.15, 0.2) is 0 Å². The Morgan fingerprint density at radius 2 is 2.14 bits per heavy atom. The Labute approximate surface area is 172 Å². The number of carbonyl (C=O) groups is 1. The number of thiophene rings is 1. The number of aromatic carboxylic acids is 1. The Balaban J connectivity index is 1.78. The summed E-state index contributed by atoms with van der Waals surface area (Å²) in [6, 6.07) is 5.82. The van der Waals surface area contributed by atoms with Gasteiger partial charge in [-0.15, -0.1) is 11.3 Å². The summed E-state index contributed by atoms with van der Waals surface area (Å²) < 4.78 is 0.858. The number of carboxylic acids is 1. The van der Waals surface area contributed by atoms with Gasteiger partial charge in [-0.25, -0.2) is 4.79 Å². The Morgan fingerprint density at radius 3 is 2.86 bits per heavy atom. The lowest BCUT2D eigenvalue weighted by Crippen LogP contribution is -2.15. The summed E-state index contributed by atoms with van der Waals surface area (Å²) >= 11 is 1.24. The first-order valence-electron chi connectivity index (χ1n) is 9.36. The van der Waals surface area contributed by atoms with Crippen molar-refractivity contribution >= 4 is 44.5 Å². The third-order valence-electron chi connectivity index (χ3n) is 5.14. The van der Waals surface area contributed by atoms with Crippen molar-refractivity contribution in [3.63, 3.8) is 0 Å². The van der Waals surface area contributed by atoms with Crippen LogP contribution in [0.25, 0.3) is 10.1 Å². The Bertz CT molecular complexity index is 1120. The van der Waals surface area contributed by atoms with Crippen LogP contribution >= 0.6 is 11.3 Å². The topological polar surface area (TPSA) is 98.1 Å². The molecular formula is C21H22N4O3S. The summed E-state index contributed by atoms with van der Waals surface area (Å²) in [6.45, 7) is 0.848. The molecule has 2 aromatic heterocycles. The van der Waals surface area contributed by atoms with Crippen LogP contribution in [0.3, 0.4) is 0 Å². The van der Waals surface area contributed by atoms with Crippen molar-refractivity contribution in [1.29, 1.82) is 0 Å². The van der Waals surface area contributed by atoms with Crippen molar-refractivity contribution in [2.45, 2.75) is 19.3 Å². The summed E-state index contributed by atoms with van der Waals surface area (Å²) in [5.41, 5.74) is 5.19. The number of nitrogens with zero attached hydrogens (tertiary/aromatic N) is 3. The summed E-state index contributed by atoms with van der Waals surface area (Å²) in [5.74, 6) is -0.955. The molecule has 0 radical (unpaired) electrons. The van der Waals surface area contributed by atoms with Gasteiger partial charge in [-0.05, 0) is 56.6 Å². The maximum atomic E-state index is 11.9. The number of aryl methyl sites for hydroxylation is 1. The minimum Gasteiger partial charge on any atom is -0.477 e. The SMILES string of the molecule is CN(C)CCc1cncc2sc(C(=O)O)c(Nc3ccc4c(c3)CCC4=NO)c12. The highest BCUT2D eigenvalue weighted by Gasteiger charge is 2.22. The fourth-order valence-corrected chi connectivity index (χ4v) is 4.73. The molecule has 3 N–H and O–H groups in total. The van der Waals surface area contributed by atoms with E-state index in [1.54, 1.807) is 6.20 Å². The molecule has 0 spiro atoms. The van der Waals surface area contributed by atoms with Gasteiger partial charge in [0, 0.05) is 35.6 Å². The number of oxime groups is 1. The molecule has 150 valence electrons. The maximum Gasteiger partial charge on any atom is 0.348 e. The lowest BCUT2D eigenvalue weighted by molar-refractivity contribution is 0.0703. The zero-order chi connectivity index (χ0) is 20.5. The number of hydrogen-bond acceptors (Lipinski definition) is 7. The molecule has 0 bridgehead atoms. The van der Waals surface area contributed by atoms with Crippen LogP contribution in [0, 0.1) is 0 Å². The largest absolute Gasteiger partial charge is 0.477 e. The molecule has 8 heteroatoms. The molecule has 0 saturated carbocycles. The lowest BCUT2D eigenvalue weighted by Gasteiger charge is -2.13. The number of carboxylic acid groups (broad SMARTS) is 1. The van der Waals surface area contributed by atoms with Gasteiger partial charge in [0.2, 0.25) is 0 Å². The molecule has 0 fully saturated rings. The van der Waals surface area contributed by atoms with Crippen LogP contribution in [0.4, 0.5) is 11.4 Å². The second-order valence-electron chi connectivity index (χ2n) is 7.38. The van der Waals surface area contributed by atoms with Crippen molar-refractivity contribution in [2.24, 2.45) is 5.16 Å². The molecule has 4 rings (SSSR count). The average Bonchev–Trinajstić information content (AvgIpc) is 3.27. The molecule has 0 atom stereocenters. The van der Waals surface area contributed by atoms with Gasteiger partial charge in [0.1, 0.15) is 4.88 Å². The van der Waals surface area contributed by atoms with Gasteiger partial charge < -0.3 is 20.5 Å². The molecule has 3 aromatic rings. The van der Waals surface area contributed by atoms with E-state index in [1.165, 1.54) is 11.3 Å². The van der Waals surface area contributed by atoms with Gasteiger partial charge >= 0.3 is 5.97 Å². The predicted octanol–water partition coefficient (Wildman–Crippen LogP) is 3.97. The number of anilines is 2. The normalized spacial score (nSPS) is 14.7. The van der Waals surface area contributed by atoms with Crippen LogP contribution in [-0.4, -0.2) is 52.5 Å². The Kier molecular flexibility index (Phi) is 5.21. The first kappa shape index (κ1) is 19.4. The zero-order valence-electron chi connectivity index (χ0n) is 16.3. The molecule has 1 aliphatic rings. The fourth-order valence-electron chi connectivity index (χ4n) is 3.72. The molecular weight excluding hydrogens is 388 g/mol. The molecule has 7 nitrogen and oxygen atoms in total. The molecule has 29 heavy (non-hydrogen) atoms. The van der Waals surface area contributed by atoms with Crippen molar-refractivity contribution in [1.82, 2.24) is 9.88 Å². The van der Waals surface area contributed by atoms with Gasteiger partial charge in [-0.2, -0.15) is 0 Å². The van der Waals surface area contributed by atoms with E-state index in [0.717, 1.165) is 51.9 Å². The number of pyridine rings is 1. The first-order valence-corrected chi connectivity index (χ1v) is 10.2. The average molecular weight is 410 g/mol. The smallest absolute Gasteiger partial charge is 0.348 e. The predicted molar refractivity (Wildman–Crippen MR) is 115 cm³/mol. The van der Waals surface area contributed by atoms with E-state index < -0.39 is 5.97 Å². The molecule has 0 unspecified atom stereocenters. The van der Waals surface area contributed by atoms with E-state index in [0.29, 0.717) is 17.8 Å². The molecule has 0 amide bonds. The lowest BCUT2D eigenvalue weighted by atomic mass is 10.1. The number of rotatable bonds is 6. The van der Waals surface area contributed by atoms with Gasteiger partial charge in [-0.1, -0.05) is 11.2 Å². The van der Waals surface area contributed by atoms with E-state index in [-0.39, 0.29) is 4.88 Å². The van der Waals surface area contributed by atoms with E-state index in [1.807, 2.05) is 38.5 Å². The van der Waals surface area contributed by atoms with Crippen molar-refractivity contribution in [2.75, 3.05) is 26.0 Å². The number of hydrogen-bond donors (Lipinski definition) is 3.